The Balaban J connectivity index is 0.978. The first-order chi connectivity index (χ1) is 38.5. The Morgan fingerprint density at radius 1 is 0.282 bits per heavy atom. The second kappa shape index (κ2) is 24.6. The topological polar surface area (TPSA) is 66.0 Å². The predicted octanol–water partition coefficient (Wildman–Crippen LogP) is 17.2. The largest absolute Gasteiger partial charge is 0.497 e. The minimum Gasteiger partial charge on any atom is -0.497 e. The highest BCUT2D eigenvalue weighted by atomic mass is 16.5. The van der Waals surface area contributed by atoms with Crippen molar-refractivity contribution in [3.05, 3.63) is 345 Å². The van der Waals surface area contributed by atoms with Crippen LogP contribution in [0.5, 0.6) is 11.5 Å². The fourth-order valence-electron chi connectivity index (χ4n) is 9.55. The molecule has 4 heteroatoms. The molecule has 10 aromatic carbocycles. The first-order valence-corrected chi connectivity index (χ1v) is 25.6. The molecule has 0 unspecified atom stereocenters. The van der Waals surface area contributed by atoms with Crippen molar-refractivity contribution in [3.63, 3.8) is 0 Å². The molecule has 0 spiro atoms. The van der Waals surface area contributed by atoms with Crippen molar-refractivity contribution in [3.8, 4) is 35.5 Å². The summed E-state index contributed by atoms with van der Waals surface area (Å²) in [5.74, 6) is 8.40. The molecule has 10 aromatic rings. The van der Waals surface area contributed by atoms with E-state index in [2.05, 4.69) is 218 Å². The van der Waals surface area contributed by atoms with Crippen molar-refractivity contribution < 1.29 is 9.47 Å². The first-order valence-electron chi connectivity index (χ1n) is 25.6. The van der Waals surface area contributed by atoms with Crippen LogP contribution in [0.4, 0.5) is 0 Å². The molecule has 0 amide bonds. The monoisotopic (exact) mass is 1000 g/mol. The molecule has 0 saturated carbocycles. The van der Waals surface area contributed by atoms with Crippen LogP contribution in [0.15, 0.2) is 267 Å². The Kier molecular flexibility index (Phi) is 16.0. The van der Waals surface area contributed by atoms with Crippen LogP contribution in [0, 0.1) is 34.5 Å². The van der Waals surface area contributed by atoms with Gasteiger partial charge in [-0.2, -0.15) is 10.5 Å². The Labute approximate surface area is 457 Å². The molecule has 0 aliphatic rings. The van der Waals surface area contributed by atoms with Crippen LogP contribution in [-0.4, -0.2) is 14.2 Å². The smallest absolute Gasteiger partial charge is 0.118 e. The molecular weight excluding hydrogens is 949 g/mol. The predicted molar refractivity (Wildman–Crippen MR) is 321 cm³/mol. The van der Waals surface area contributed by atoms with Gasteiger partial charge in [0.1, 0.15) is 11.5 Å². The second-order valence-electron chi connectivity index (χ2n) is 18.4. The van der Waals surface area contributed by atoms with Gasteiger partial charge in [-0.1, -0.05) is 206 Å². The van der Waals surface area contributed by atoms with Crippen LogP contribution in [0.2, 0.25) is 0 Å². The van der Waals surface area contributed by atoms with Gasteiger partial charge in [0.25, 0.3) is 0 Å². The van der Waals surface area contributed by atoms with Crippen LogP contribution in [0.3, 0.4) is 0 Å². The molecule has 0 radical (unpaired) electrons. The Morgan fingerprint density at radius 2 is 0.513 bits per heavy atom. The number of rotatable bonds is 14. The summed E-state index contributed by atoms with van der Waals surface area (Å²) in [5.41, 5.74) is 19.4. The minimum absolute atomic E-state index is 0.573. The summed E-state index contributed by atoms with van der Waals surface area (Å²) in [6.07, 6.45) is 3.84. The van der Waals surface area contributed by atoms with Crippen LogP contribution in [0.25, 0.3) is 45.6 Å². The molecule has 0 aromatic heterocycles. The van der Waals surface area contributed by atoms with Gasteiger partial charge in [0.15, 0.2) is 0 Å². The van der Waals surface area contributed by atoms with Gasteiger partial charge >= 0.3 is 0 Å². The molecule has 0 heterocycles. The molecular formula is C74H52N2O2. The fourth-order valence-corrected chi connectivity index (χ4v) is 9.55. The van der Waals surface area contributed by atoms with Gasteiger partial charge in [0, 0.05) is 11.1 Å². The Morgan fingerprint density at radius 3 is 0.756 bits per heavy atom. The van der Waals surface area contributed by atoms with E-state index in [-0.39, 0.29) is 0 Å². The number of benzene rings is 10. The number of allylic oxidation sites excluding steroid dienone is 2. The molecule has 0 saturated heterocycles. The van der Waals surface area contributed by atoms with E-state index in [0.717, 1.165) is 112 Å². The molecule has 4 nitrogen and oxygen atoms in total. The summed E-state index contributed by atoms with van der Waals surface area (Å²) in [7, 11) is 3.27. The van der Waals surface area contributed by atoms with E-state index >= 15 is 0 Å². The fraction of sp³-hybridized carbons (Fsp3) is 0.0270. The van der Waals surface area contributed by atoms with E-state index in [1.165, 1.54) is 0 Å². The standard InChI is InChI=1S/C74H52N2O2/c1-77-69-45-41-57(42-46-69)67(51-75)49-55-29-37-65(38-30-55)73(61-19-11-5-12-20-61)71(59-15-7-3-8-16-59)63-33-25-53(26-34-63)23-24-54-27-35-64(36-28-54)72(60-17-9-4-10-18-60)74(62-21-13-6-14-22-62)66-39-31-56(32-40-66)50-68(52-76)58-43-47-70(78-2)48-44-58/h3-22,25-50H,1-2H3/b67-49+,68-50+,73-71+,74-72+. The van der Waals surface area contributed by atoms with Crippen molar-refractivity contribution >= 4 is 45.6 Å². The highest BCUT2D eigenvalue weighted by molar-refractivity contribution is 6.06. The van der Waals surface area contributed by atoms with Crippen LogP contribution in [0.1, 0.15) is 77.9 Å². The molecule has 10 rings (SSSR count). The second-order valence-corrected chi connectivity index (χ2v) is 18.4. The summed E-state index contributed by atoms with van der Waals surface area (Å²) >= 11 is 0. The normalized spacial score (nSPS) is 11.9. The quantitative estimate of drug-likeness (QED) is 0.0618. The summed E-state index contributed by atoms with van der Waals surface area (Å²) in [5, 5.41) is 20.2. The van der Waals surface area contributed by atoms with Gasteiger partial charge in [0.2, 0.25) is 0 Å². The highest BCUT2D eigenvalue weighted by Crippen LogP contribution is 2.39. The van der Waals surface area contributed by atoms with Gasteiger partial charge in [-0.25, -0.2) is 0 Å². The van der Waals surface area contributed by atoms with Crippen LogP contribution in [-0.2, 0) is 0 Å². The lowest BCUT2D eigenvalue weighted by molar-refractivity contribution is 0.414. The molecule has 370 valence electrons. The van der Waals surface area contributed by atoms with E-state index < -0.39 is 0 Å². The van der Waals surface area contributed by atoms with Crippen molar-refractivity contribution in [2.75, 3.05) is 14.2 Å². The lowest BCUT2D eigenvalue weighted by Gasteiger charge is -2.18. The lowest BCUT2D eigenvalue weighted by Crippen LogP contribution is -1.98. The number of nitriles is 2. The van der Waals surface area contributed by atoms with Gasteiger partial charge in [-0.3, -0.25) is 0 Å². The van der Waals surface area contributed by atoms with Gasteiger partial charge < -0.3 is 9.47 Å². The van der Waals surface area contributed by atoms with Crippen LogP contribution < -0.4 is 9.47 Å². The number of hydrogen-bond donors (Lipinski definition) is 0. The third-order valence-corrected chi connectivity index (χ3v) is 13.5. The van der Waals surface area contributed by atoms with E-state index in [1.807, 2.05) is 84.9 Å². The molecule has 0 bridgehead atoms. The van der Waals surface area contributed by atoms with E-state index in [0.29, 0.717) is 11.1 Å². The number of methoxy groups -OCH3 is 2. The Hall–Kier alpha value is -10.7. The van der Waals surface area contributed by atoms with Crippen molar-refractivity contribution in [1.29, 1.82) is 10.5 Å². The first kappa shape index (κ1) is 50.8. The molecule has 0 fully saturated rings. The van der Waals surface area contributed by atoms with E-state index in [4.69, 9.17) is 9.47 Å². The molecule has 78 heavy (non-hydrogen) atoms. The number of nitrogens with zero attached hydrogens (tertiary/aromatic N) is 2. The van der Waals surface area contributed by atoms with Gasteiger partial charge in [-0.15, -0.1) is 0 Å². The number of hydrogen-bond acceptors (Lipinski definition) is 4. The summed E-state index contributed by atoms with van der Waals surface area (Å²) in [6.45, 7) is 0. The zero-order chi connectivity index (χ0) is 53.5. The molecule has 0 aliphatic heterocycles. The van der Waals surface area contributed by atoms with Gasteiger partial charge in [-0.05, 0) is 174 Å². The molecule has 0 atom stereocenters. The van der Waals surface area contributed by atoms with Crippen molar-refractivity contribution in [2.45, 2.75) is 0 Å². The summed E-state index contributed by atoms with van der Waals surface area (Å²) < 4.78 is 10.7. The van der Waals surface area contributed by atoms with Crippen molar-refractivity contribution in [1.82, 2.24) is 0 Å². The SMILES string of the molecule is COc1ccc(/C(C#N)=C/c2ccc(/C(=C(\c3ccccc3)c3ccc(C#Cc4ccc(/C(=C(\c5ccccc5)c5ccc(/C=C(\C#N)c6ccc(OC)cc6)cc5)c5ccccc5)cc4)cc3)c3ccccc3)cc2)cc1. The van der Waals surface area contributed by atoms with E-state index in [9.17, 15) is 10.5 Å². The maximum Gasteiger partial charge on any atom is 0.118 e. The highest BCUT2D eigenvalue weighted by Gasteiger charge is 2.19. The third-order valence-electron chi connectivity index (χ3n) is 13.5. The molecule has 0 N–H and O–H groups in total. The zero-order valence-electron chi connectivity index (χ0n) is 43.3. The average molecular weight is 1000 g/mol. The summed E-state index contributed by atoms with van der Waals surface area (Å²) in [4.78, 5) is 0. The number of ether oxygens (including phenoxy) is 2. The minimum atomic E-state index is 0.573. The average Bonchev–Trinajstić information content (AvgIpc) is 3.53. The van der Waals surface area contributed by atoms with E-state index in [1.54, 1.807) is 14.2 Å². The van der Waals surface area contributed by atoms with Crippen molar-refractivity contribution in [2.24, 2.45) is 0 Å². The molecule has 0 aliphatic carbocycles. The zero-order valence-corrected chi connectivity index (χ0v) is 43.3. The van der Waals surface area contributed by atoms with Gasteiger partial charge in [0.05, 0.1) is 37.5 Å². The maximum atomic E-state index is 10.1. The lowest BCUT2D eigenvalue weighted by atomic mass is 9.85. The summed E-state index contributed by atoms with van der Waals surface area (Å²) in [6, 6.07) is 95.8. The van der Waals surface area contributed by atoms with Crippen LogP contribution >= 0.6 is 0 Å². The third kappa shape index (κ3) is 12.0. The maximum absolute atomic E-state index is 10.1. The Bertz CT molecular complexity index is 3680.